The molecule has 6 nitrogen and oxygen atoms in total. The van der Waals surface area contributed by atoms with E-state index in [9.17, 15) is 0 Å². The van der Waals surface area contributed by atoms with Crippen molar-refractivity contribution in [2.24, 2.45) is 4.99 Å². The molecule has 1 unspecified atom stereocenters. The standard InChI is InChI=1S/C14H26N6S.HI/c1-11-17-13-12(7-6-9-20(13)19-11)18-14(15-2)16-8-4-5-10-21-3;/h12H,4-10H2,1-3H3,(H2,15,16,18);1H. The minimum atomic E-state index is 0. The molecule has 1 aliphatic rings. The van der Waals surface area contributed by atoms with Crippen LogP contribution in [0.3, 0.4) is 0 Å². The molecule has 22 heavy (non-hydrogen) atoms. The maximum atomic E-state index is 4.54. The van der Waals surface area contributed by atoms with Gasteiger partial charge in [0, 0.05) is 20.1 Å². The summed E-state index contributed by atoms with van der Waals surface area (Å²) in [5, 5.41) is 11.3. The largest absolute Gasteiger partial charge is 0.356 e. The summed E-state index contributed by atoms with van der Waals surface area (Å²) >= 11 is 1.90. The molecule has 0 bridgehead atoms. The fourth-order valence-electron chi connectivity index (χ4n) is 2.54. The van der Waals surface area contributed by atoms with Crippen molar-refractivity contribution < 1.29 is 0 Å². The van der Waals surface area contributed by atoms with Crippen LogP contribution in [0.25, 0.3) is 0 Å². The number of halogens is 1. The number of aromatic nitrogens is 3. The molecule has 0 amide bonds. The second kappa shape index (κ2) is 10.3. The number of hydrogen-bond donors (Lipinski definition) is 2. The molecule has 2 heterocycles. The first kappa shape index (κ1) is 19.5. The fourth-order valence-corrected chi connectivity index (χ4v) is 3.04. The van der Waals surface area contributed by atoms with Gasteiger partial charge in [-0.25, -0.2) is 9.67 Å². The van der Waals surface area contributed by atoms with E-state index in [1.807, 2.05) is 30.4 Å². The average Bonchev–Trinajstić information content (AvgIpc) is 2.87. The molecule has 0 spiro atoms. The van der Waals surface area contributed by atoms with Gasteiger partial charge in [0.15, 0.2) is 5.96 Å². The summed E-state index contributed by atoms with van der Waals surface area (Å²) in [5.41, 5.74) is 0. The lowest BCUT2D eigenvalue weighted by Crippen LogP contribution is -2.41. The fraction of sp³-hybridized carbons (Fsp3) is 0.786. The summed E-state index contributed by atoms with van der Waals surface area (Å²) in [7, 11) is 1.82. The Hall–Kier alpha value is -0.510. The zero-order chi connectivity index (χ0) is 15.1. The minimum Gasteiger partial charge on any atom is -0.356 e. The number of guanidine groups is 1. The maximum absolute atomic E-state index is 4.54. The molecule has 2 rings (SSSR count). The van der Waals surface area contributed by atoms with Crippen LogP contribution in [0, 0.1) is 6.92 Å². The van der Waals surface area contributed by atoms with Crippen LogP contribution < -0.4 is 10.6 Å². The number of rotatable bonds is 6. The van der Waals surface area contributed by atoms with Crippen molar-refractivity contribution in [2.45, 2.75) is 45.2 Å². The first-order chi connectivity index (χ1) is 10.2. The number of nitrogens with one attached hydrogen (secondary N) is 2. The minimum absolute atomic E-state index is 0. The van der Waals surface area contributed by atoms with Crippen molar-refractivity contribution in [1.82, 2.24) is 25.4 Å². The second-order valence-corrected chi connectivity index (χ2v) is 6.26. The zero-order valence-electron chi connectivity index (χ0n) is 13.6. The van der Waals surface area contributed by atoms with Crippen molar-refractivity contribution in [1.29, 1.82) is 0 Å². The molecule has 0 radical (unpaired) electrons. The summed E-state index contributed by atoms with van der Waals surface area (Å²) in [4.78, 5) is 8.86. The van der Waals surface area contributed by atoms with E-state index in [-0.39, 0.29) is 30.0 Å². The smallest absolute Gasteiger partial charge is 0.191 e. The Morgan fingerprint density at radius 3 is 3.00 bits per heavy atom. The monoisotopic (exact) mass is 438 g/mol. The van der Waals surface area contributed by atoms with Crippen molar-refractivity contribution >= 4 is 41.7 Å². The van der Waals surface area contributed by atoms with Gasteiger partial charge in [0.25, 0.3) is 0 Å². The van der Waals surface area contributed by atoms with E-state index < -0.39 is 0 Å². The van der Waals surface area contributed by atoms with Crippen LogP contribution in [-0.2, 0) is 6.54 Å². The highest BCUT2D eigenvalue weighted by atomic mass is 127. The average molecular weight is 438 g/mol. The molecule has 0 fully saturated rings. The lowest BCUT2D eigenvalue weighted by molar-refractivity contribution is 0.397. The van der Waals surface area contributed by atoms with Crippen LogP contribution in [0.1, 0.15) is 43.4 Å². The zero-order valence-corrected chi connectivity index (χ0v) is 16.8. The first-order valence-electron chi connectivity index (χ1n) is 7.62. The lowest BCUT2D eigenvalue weighted by atomic mass is 10.1. The third-order valence-corrected chi connectivity index (χ3v) is 4.28. The van der Waals surface area contributed by atoms with Crippen LogP contribution in [-0.4, -0.2) is 46.3 Å². The molecular weight excluding hydrogens is 411 g/mol. The van der Waals surface area contributed by atoms with Crippen LogP contribution >= 0.6 is 35.7 Å². The molecule has 126 valence electrons. The molecular formula is C14H27IN6S. The van der Waals surface area contributed by atoms with E-state index in [0.717, 1.165) is 43.5 Å². The quantitative estimate of drug-likeness (QED) is 0.309. The molecule has 0 saturated carbocycles. The Kier molecular flexibility index (Phi) is 9.15. The highest BCUT2D eigenvalue weighted by Crippen LogP contribution is 2.22. The highest BCUT2D eigenvalue weighted by molar-refractivity contribution is 14.0. The third-order valence-electron chi connectivity index (χ3n) is 3.58. The van der Waals surface area contributed by atoms with Crippen molar-refractivity contribution in [3.8, 4) is 0 Å². The molecule has 1 aromatic rings. The van der Waals surface area contributed by atoms with Gasteiger partial charge in [-0.2, -0.15) is 16.9 Å². The van der Waals surface area contributed by atoms with E-state index in [0.29, 0.717) is 0 Å². The molecule has 1 atom stereocenters. The molecule has 0 saturated heterocycles. The Bertz CT molecular complexity index is 476. The number of unbranched alkanes of at least 4 members (excludes halogenated alkanes) is 1. The van der Waals surface area contributed by atoms with Crippen LogP contribution in [0.4, 0.5) is 0 Å². The number of hydrogen-bond acceptors (Lipinski definition) is 4. The van der Waals surface area contributed by atoms with Gasteiger partial charge in [-0.15, -0.1) is 24.0 Å². The normalized spacial score (nSPS) is 17.6. The van der Waals surface area contributed by atoms with Crippen LogP contribution in [0.2, 0.25) is 0 Å². The van der Waals surface area contributed by atoms with E-state index >= 15 is 0 Å². The summed E-state index contributed by atoms with van der Waals surface area (Å²) < 4.78 is 2.02. The van der Waals surface area contributed by atoms with Gasteiger partial charge in [-0.1, -0.05) is 0 Å². The van der Waals surface area contributed by atoms with Crippen molar-refractivity contribution in [3.05, 3.63) is 11.6 Å². The third kappa shape index (κ3) is 5.60. The summed E-state index contributed by atoms with van der Waals surface area (Å²) in [5.74, 6) is 3.96. The van der Waals surface area contributed by atoms with Crippen molar-refractivity contribution in [3.63, 3.8) is 0 Å². The molecule has 2 N–H and O–H groups in total. The second-order valence-electron chi connectivity index (χ2n) is 5.28. The van der Waals surface area contributed by atoms with Crippen molar-refractivity contribution in [2.75, 3.05) is 25.6 Å². The Balaban J connectivity index is 0.00000242. The van der Waals surface area contributed by atoms with Crippen LogP contribution in [0.15, 0.2) is 4.99 Å². The lowest BCUT2D eigenvalue weighted by Gasteiger charge is -2.25. The van der Waals surface area contributed by atoms with Gasteiger partial charge in [-0.3, -0.25) is 4.99 Å². The molecule has 0 aliphatic carbocycles. The maximum Gasteiger partial charge on any atom is 0.191 e. The predicted molar refractivity (Wildman–Crippen MR) is 104 cm³/mol. The summed E-state index contributed by atoms with van der Waals surface area (Å²) in [6.07, 6.45) is 6.75. The number of aliphatic imine (C=N–C) groups is 1. The summed E-state index contributed by atoms with van der Waals surface area (Å²) in [6, 6.07) is 0.206. The number of fused-ring (bicyclic) bond motifs is 1. The van der Waals surface area contributed by atoms with Gasteiger partial charge >= 0.3 is 0 Å². The molecule has 1 aliphatic heterocycles. The molecule has 1 aromatic heterocycles. The van der Waals surface area contributed by atoms with Crippen LogP contribution in [0.5, 0.6) is 0 Å². The van der Waals surface area contributed by atoms with E-state index in [4.69, 9.17) is 0 Å². The number of thioether (sulfide) groups is 1. The van der Waals surface area contributed by atoms with E-state index in [2.05, 4.69) is 32.0 Å². The Labute approximate surface area is 154 Å². The predicted octanol–water partition coefficient (Wildman–Crippen LogP) is 2.35. The molecule has 8 heteroatoms. The van der Waals surface area contributed by atoms with E-state index in [1.54, 1.807) is 0 Å². The van der Waals surface area contributed by atoms with E-state index in [1.165, 1.54) is 18.6 Å². The SMILES string of the molecule is CN=C(NCCCCSC)NC1CCCn2nc(C)nc21.I. The van der Waals surface area contributed by atoms with Gasteiger partial charge < -0.3 is 10.6 Å². The van der Waals surface area contributed by atoms with Gasteiger partial charge in [0.05, 0.1) is 6.04 Å². The van der Waals surface area contributed by atoms with Gasteiger partial charge in [-0.05, 0) is 44.6 Å². The Morgan fingerprint density at radius 1 is 1.45 bits per heavy atom. The number of aryl methyl sites for hydroxylation is 2. The Morgan fingerprint density at radius 2 is 2.27 bits per heavy atom. The molecule has 0 aromatic carbocycles. The first-order valence-corrected chi connectivity index (χ1v) is 9.01. The topological polar surface area (TPSA) is 67.1 Å². The van der Waals surface area contributed by atoms with Gasteiger partial charge in [0.2, 0.25) is 0 Å². The number of nitrogens with zero attached hydrogens (tertiary/aromatic N) is 4. The van der Waals surface area contributed by atoms with Gasteiger partial charge in [0.1, 0.15) is 11.6 Å². The highest BCUT2D eigenvalue weighted by Gasteiger charge is 2.24. The summed E-state index contributed by atoms with van der Waals surface area (Å²) in [6.45, 7) is 3.87.